The Kier molecular flexibility index (Phi) is 7.17. The summed E-state index contributed by atoms with van der Waals surface area (Å²) in [6, 6.07) is 10.1. The number of pyridine rings is 1. The molecule has 2 aliphatic heterocycles. The van der Waals surface area contributed by atoms with E-state index in [1.54, 1.807) is 36.4 Å². The number of alkyl halides is 2. The van der Waals surface area contributed by atoms with Crippen LogP contribution in [-0.2, 0) is 21.5 Å². The molecule has 0 radical (unpaired) electrons. The van der Waals surface area contributed by atoms with E-state index in [1.807, 2.05) is 0 Å². The van der Waals surface area contributed by atoms with E-state index in [0.29, 0.717) is 67.4 Å². The number of piperazine rings is 1. The molecule has 0 N–H and O–H groups in total. The van der Waals surface area contributed by atoms with Crippen molar-refractivity contribution in [2.45, 2.75) is 19.0 Å². The standard InChI is InChI=1S/C22H23ClF2N6O4S/c23-16-2-1-3-18(10-16)31(36(32,33)30-8-6-29(7-9-30)19-13-34-14-19)12-17-5-4-15(11-26-17)21-27-28-22(35-21)20(24)25/h1-5,10-11,19-20H,6-9,12-14H2. The van der Waals surface area contributed by atoms with Crippen LogP contribution < -0.4 is 4.31 Å². The van der Waals surface area contributed by atoms with Crippen molar-refractivity contribution in [1.82, 2.24) is 24.4 Å². The number of hydrogen-bond acceptors (Lipinski definition) is 8. The molecule has 36 heavy (non-hydrogen) atoms. The molecule has 5 rings (SSSR count). The molecule has 0 bridgehead atoms. The summed E-state index contributed by atoms with van der Waals surface area (Å²) in [5.41, 5.74) is 1.18. The topological polar surface area (TPSA) is 105 Å². The van der Waals surface area contributed by atoms with Gasteiger partial charge in [-0.15, -0.1) is 10.2 Å². The van der Waals surface area contributed by atoms with Gasteiger partial charge in [0.1, 0.15) is 0 Å². The van der Waals surface area contributed by atoms with Crippen molar-refractivity contribution in [3.05, 3.63) is 59.2 Å². The summed E-state index contributed by atoms with van der Waals surface area (Å²) in [5.74, 6) is -0.879. The van der Waals surface area contributed by atoms with Crippen LogP contribution in [0.25, 0.3) is 11.5 Å². The highest BCUT2D eigenvalue weighted by atomic mass is 35.5. The van der Waals surface area contributed by atoms with E-state index in [-0.39, 0.29) is 12.4 Å². The fraction of sp³-hybridized carbons (Fsp3) is 0.409. The Hall–Kier alpha value is -2.71. The van der Waals surface area contributed by atoms with Crippen LogP contribution >= 0.6 is 11.6 Å². The summed E-state index contributed by atoms with van der Waals surface area (Å²) >= 11 is 6.17. The van der Waals surface area contributed by atoms with Gasteiger partial charge in [0.05, 0.1) is 42.7 Å². The summed E-state index contributed by atoms with van der Waals surface area (Å²) < 4.78 is 65.9. The second-order valence-corrected chi connectivity index (χ2v) is 10.7. The summed E-state index contributed by atoms with van der Waals surface area (Å²) in [5, 5.41) is 7.32. The highest BCUT2D eigenvalue weighted by Gasteiger charge is 2.36. The molecule has 3 aromatic rings. The van der Waals surface area contributed by atoms with Crippen LogP contribution in [0.15, 0.2) is 47.0 Å². The Morgan fingerprint density at radius 1 is 1.11 bits per heavy atom. The predicted molar refractivity (Wildman–Crippen MR) is 127 cm³/mol. The van der Waals surface area contributed by atoms with Gasteiger partial charge in [-0.05, 0) is 30.3 Å². The van der Waals surface area contributed by atoms with Crippen LogP contribution in [0.3, 0.4) is 0 Å². The lowest BCUT2D eigenvalue weighted by Gasteiger charge is -2.43. The van der Waals surface area contributed by atoms with Crippen molar-refractivity contribution in [2.75, 3.05) is 43.7 Å². The maximum absolute atomic E-state index is 13.8. The molecule has 2 aliphatic rings. The number of nitrogens with zero attached hydrogens (tertiary/aromatic N) is 6. The van der Waals surface area contributed by atoms with Crippen molar-refractivity contribution in [3.63, 3.8) is 0 Å². The first-order chi connectivity index (χ1) is 17.3. The summed E-state index contributed by atoms with van der Waals surface area (Å²) in [7, 11) is -3.91. The van der Waals surface area contributed by atoms with Crippen LogP contribution in [0.4, 0.5) is 14.5 Å². The molecule has 2 fully saturated rings. The Balaban J connectivity index is 1.37. The maximum Gasteiger partial charge on any atom is 0.314 e. The number of benzene rings is 1. The molecule has 192 valence electrons. The van der Waals surface area contributed by atoms with E-state index >= 15 is 0 Å². The van der Waals surface area contributed by atoms with E-state index in [2.05, 4.69) is 20.1 Å². The van der Waals surface area contributed by atoms with E-state index in [9.17, 15) is 17.2 Å². The number of aromatic nitrogens is 3. The van der Waals surface area contributed by atoms with Gasteiger partial charge in [-0.25, -0.2) is 0 Å². The third-order valence-corrected chi connectivity index (χ3v) is 8.27. The lowest BCUT2D eigenvalue weighted by molar-refractivity contribution is -0.0721. The Bertz CT molecular complexity index is 1300. The zero-order valence-corrected chi connectivity index (χ0v) is 20.6. The first-order valence-electron chi connectivity index (χ1n) is 11.2. The van der Waals surface area contributed by atoms with Crippen LogP contribution in [0.2, 0.25) is 5.02 Å². The van der Waals surface area contributed by atoms with E-state index in [4.69, 9.17) is 20.8 Å². The van der Waals surface area contributed by atoms with Gasteiger partial charge in [0.15, 0.2) is 0 Å². The van der Waals surface area contributed by atoms with Crippen LogP contribution in [0.5, 0.6) is 0 Å². The smallest absolute Gasteiger partial charge is 0.314 e. The molecule has 0 atom stereocenters. The van der Waals surface area contributed by atoms with Crippen molar-refractivity contribution >= 4 is 27.5 Å². The number of anilines is 1. The summed E-state index contributed by atoms with van der Waals surface area (Å²) in [6.45, 7) is 3.23. The van der Waals surface area contributed by atoms with Gasteiger partial charge in [0.25, 0.3) is 5.89 Å². The van der Waals surface area contributed by atoms with Gasteiger partial charge in [0, 0.05) is 37.4 Å². The molecular weight excluding hydrogens is 518 g/mol. The third-order valence-electron chi connectivity index (χ3n) is 6.12. The fourth-order valence-corrected chi connectivity index (χ4v) is 5.80. The lowest BCUT2D eigenvalue weighted by Crippen LogP contribution is -2.59. The molecule has 14 heteroatoms. The number of halogens is 3. The van der Waals surface area contributed by atoms with Crippen LogP contribution in [0, 0.1) is 0 Å². The molecule has 0 aliphatic carbocycles. The quantitative estimate of drug-likeness (QED) is 0.429. The van der Waals surface area contributed by atoms with Crippen LogP contribution in [-0.4, -0.2) is 78.2 Å². The molecule has 0 spiro atoms. The monoisotopic (exact) mass is 540 g/mol. The van der Waals surface area contributed by atoms with Crippen LogP contribution in [0.1, 0.15) is 18.0 Å². The van der Waals surface area contributed by atoms with Gasteiger partial charge in [0.2, 0.25) is 5.89 Å². The second kappa shape index (κ2) is 10.3. The highest BCUT2D eigenvalue weighted by molar-refractivity contribution is 7.90. The first kappa shape index (κ1) is 25.0. The minimum absolute atomic E-state index is 0.0637. The molecule has 2 aromatic heterocycles. The van der Waals surface area contributed by atoms with Gasteiger partial charge >= 0.3 is 16.6 Å². The van der Waals surface area contributed by atoms with Gasteiger partial charge in [-0.1, -0.05) is 17.7 Å². The van der Waals surface area contributed by atoms with Gasteiger partial charge < -0.3 is 9.15 Å². The zero-order valence-electron chi connectivity index (χ0n) is 19.0. The van der Waals surface area contributed by atoms with Crippen molar-refractivity contribution in [3.8, 4) is 11.5 Å². The molecule has 2 saturated heterocycles. The summed E-state index contributed by atoms with van der Waals surface area (Å²) in [4.78, 5) is 6.56. The fourth-order valence-electron chi connectivity index (χ4n) is 4.04. The van der Waals surface area contributed by atoms with E-state index < -0.39 is 22.5 Å². The molecule has 0 saturated carbocycles. The predicted octanol–water partition coefficient (Wildman–Crippen LogP) is 2.99. The zero-order chi connectivity index (χ0) is 25.3. The Morgan fingerprint density at radius 2 is 1.89 bits per heavy atom. The number of ether oxygens (including phenoxy) is 1. The Labute approximate surface area is 211 Å². The van der Waals surface area contributed by atoms with E-state index in [0.717, 1.165) is 0 Å². The third kappa shape index (κ3) is 5.20. The average molecular weight is 541 g/mol. The minimum atomic E-state index is -3.91. The molecule has 0 unspecified atom stereocenters. The van der Waals surface area contributed by atoms with Gasteiger partial charge in [-0.2, -0.15) is 21.5 Å². The molecular formula is C22H23ClF2N6O4S. The molecule has 0 amide bonds. The van der Waals surface area contributed by atoms with E-state index in [1.165, 1.54) is 14.8 Å². The number of rotatable bonds is 8. The first-order valence-corrected chi connectivity index (χ1v) is 13.0. The maximum atomic E-state index is 13.8. The largest absolute Gasteiger partial charge is 0.415 e. The van der Waals surface area contributed by atoms with Crippen molar-refractivity contribution < 1.29 is 26.4 Å². The molecule has 4 heterocycles. The molecule has 10 nitrogen and oxygen atoms in total. The normalized spacial score (nSPS) is 17.9. The van der Waals surface area contributed by atoms with Crippen molar-refractivity contribution in [1.29, 1.82) is 0 Å². The number of hydrogen-bond donors (Lipinski definition) is 0. The van der Waals surface area contributed by atoms with Crippen molar-refractivity contribution in [2.24, 2.45) is 0 Å². The van der Waals surface area contributed by atoms with Gasteiger partial charge in [-0.3, -0.25) is 14.2 Å². The average Bonchev–Trinajstić information content (AvgIpc) is 3.33. The lowest BCUT2D eigenvalue weighted by atomic mass is 10.2. The Morgan fingerprint density at radius 3 is 2.47 bits per heavy atom. The second-order valence-electron chi connectivity index (χ2n) is 8.40. The molecule has 1 aromatic carbocycles. The SMILES string of the molecule is O=S(=O)(N1CCN(C2COC2)CC1)N(Cc1ccc(-c2nnc(C(F)F)o2)cn1)c1cccc(Cl)c1. The summed E-state index contributed by atoms with van der Waals surface area (Å²) in [6.07, 6.45) is -1.50. The minimum Gasteiger partial charge on any atom is -0.415 e. The highest BCUT2D eigenvalue weighted by Crippen LogP contribution is 2.28.